The van der Waals surface area contributed by atoms with Crippen molar-refractivity contribution in [1.82, 2.24) is 4.98 Å². The summed E-state index contributed by atoms with van der Waals surface area (Å²) in [5, 5.41) is 19.7. The van der Waals surface area contributed by atoms with Gasteiger partial charge in [0.1, 0.15) is 12.1 Å². The number of hydrogen-bond acceptors (Lipinski definition) is 3. The molecule has 1 aromatic heterocycles. The van der Waals surface area contributed by atoms with Crippen LogP contribution in [-0.4, -0.2) is 49.4 Å². The van der Waals surface area contributed by atoms with Gasteiger partial charge in [-0.05, 0) is 44.5 Å². The fourth-order valence-electron chi connectivity index (χ4n) is 3.37. The SMILES string of the molecule is CC(C)(C)[N+]1(C(=O)O)CC(c2ccncc2)=C[C@@]1(C)C(=O)O. The van der Waals surface area contributed by atoms with Crippen LogP contribution >= 0.6 is 0 Å². The Balaban J connectivity index is 2.69. The minimum atomic E-state index is -1.54. The molecule has 1 aliphatic rings. The van der Waals surface area contributed by atoms with Gasteiger partial charge in [-0.2, -0.15) is 9.28 Å². The molecule has 0 radical (unpaired) electrons. The molecule has 118 valence electrons. The molecule has 0 spiro atoms. The van der Waals surface area contributed by atoms with Crippen LogP contribution in [-0.2, 0) is 4.79 Å². The summed E-state index contributed by atoms with van der Waals surface area (Å²) in [4.78, 5) is 28.0. The average Bonchev–Trinajstić information content (AvgIpc) is 2.76. The maximum absolute atomic E-state index is 12.1. The van der Waals surface area contributed by atoms with Crippen molar-refractivity contribution in [3.63, 3.8) is 0 Å². The lowest BCUT2D eigenvalue weighted by atomic mass is 9.91. The van der Waals surface area contributed by atoms with E-state index in [9.17, 15) is 19.8 Å². The second kappa shape index (κ2) is 4.91. The van der Waals surface area contributed by atoms with Gasteiger partial charge in [-0.1, -0.05) is 0 Å². The number of carboxylic acid groups (broad SMARTS) is 2. The summed E-state index contributed by atoms with van der Waals surface area (Å²) in [5.74, 6) is -1.14. The van der Waals surface area contributed by atoms with Crippen LogP contribution in [0.25, 0.3) is 5.57 Å². The predicted molar refractivity (Wildman–Crippen MR) is 81.2 cm³/mol. The lowest BCUT2D eigenvalue weighted by Crippen LogP contribution is -2.73. The Labute approximate surface area is 129 Å². The number of carboxylic acids is 1. The largest absolute Gasteiger partial charge is 0.515 e. The zero-order valence-electron chi connectivity index (χ0n) is 13.2. The zero-order valence-corrected chi connectivity index (χ0v) is 13.2. The van der Waals surface area contributed by atoms with Crippen LogP contribution in [0.4, 0.5) is 4.79 Å². The first-order chi connectivity index (χ1) is 10.1. The summed E-state index contributed by atoms with van der Waals surface area (Å²) in [6.45, 7) is 6.86. The molecule has 6 heteroatoms. The Morgan fingerprint density at radius 2 is 1.77 bits per heavy atom. The normalized spacial score (nSPS) is 28.3. The molecule has 22 heavy (non-hydrogen) atoms. The van der Waals surface area contributed by atoms with Crippen molar-refractivity contribution in [2.75, 3.05) is 6.54 Å². The van der Waals surface area contributed by atoms with Crippen molar-refractivity contribution < 1.29 is 24.3 Å². The molecule has 2 N–H and O–H groups in total. The van der Waals surface area contributed by atoms with Gasteiger partial charge in [0.2, 0.25) is 5.54 Å². The zero-order chi connectivity index (χ0) is 16.8. The summed E-state index contributed by atoms with van der Waals surface area (Å²) in [5.41, 5.74) is -0.815. The van der Waals surface area contributed by atoms with Crippen LogP contribution in [0.15, 0.2) is 30.6 Å². The molecular weight excluding hydrogens is 284 g/mol. The molecule has 2 atom stereocenters. The quantitative estimate of drug-likeness (QED) is 0.820. The number of hydrogen-bond donors (Lipinski definition) is 2. The standard InChI is InChI=1S/C16H20N2O4/c1-15(2,3)18(14(21)22)10-12(9-16(18,4)13(19)20)11-5-7-17-8-6-11/h5-9H,10H2,1-4H3,(H-,19,20,21,22)/p+1/t16-,18?/m0/s1. The summed E-state index contributed by atoms with van der Waals surface area (Å²) in [7, 11) is 0. The van der Waals surface area contributed by atoms with E-state index in [0.29, 0.717) is 5.57 Å². The van der Waals surface area contributed by atoms with Gasteiger partial charge in [-0.3, -0.25) is 4.98 Å². The number of aromatic nitrogens is 1. The summed E-state index contributed by atoms with van der Waals surface area (Å²) >= 11 is 0. The third kappa shape index (κ3) is 2.02. The molecule has 0 aromatic carbocycles. The van der Waals surface area contributed by atoms with Gasteiger partial charge in [-0.25, -0.2) is 4.79 Å². The van der Waals surface area contributed by atoms with Crippen LogP contribution in [0.1, 0.15) is 33.3 Å². The van der Waals surface area contributed by atoms with E-state index in [-0.39, 0.29) is 6.54 Å². The average molecular weight is 305 g/mol. The van der Waals surface area contributed by atoms with Gasteiger partial charge >= 0.3 is 12.1 Å². The third-order valence-electron chi connectivity index (χ3n) is 4.61. The van der Waals surface area contributed by atoms with E-state index in [4.69, 9.17) is 0 Å². The lowest BCUT2D eigenvalue weighted by Gasteiger charge is -2.48. The van der Waals surface area contributed by atoms with E-state index in [1.54, 1.807) is 51.4 Å². The van der Waals surface area contributed by atoms with Gasteiger partial charge in [0, 0.05) is 24.9 Å². The fraction of sp³-hybridized carbons (Fsp3) is 0.438. The molecule has 1 aliphatic heterocycles. The Morgan fingerprint density at radius 3 is 2.14 bits per heavy atom. The second-order valence-electron chi connectivity index (χ2n) is 6.78. The molecule has 1 amide bonds. The first-order valence-electron chi connectivity index (χ1n) is 7.03. The van der Waals surface area contributed by atoms with Crippen LogP contribution in [0, 0.1) is 0 Å². The summed E-state index contributed by atoms with van der Waals surface area (Å²) in [6.07, 6.45) is 3.65. The minimum absolute atomic E-state index is 0.117. The first kappa shape index (κ1) is 16.2. The Kier molecular flexibility index (Phi) is 3.61. The smallest absolute Gasteiger partial charge is 0.476 e. The van der Waals surface area contributed by atoms with Crippen molar-refractivity contribution in [3.05, 3.63) is 36.2 Å². The monoisotopic (exact) mass is 305 g/mol. The number of pyridine rings is 1. The minimum Gasteiger partial charge on any atom is -0.476 e. The second-order valence-corrected chi connectivity index (χ2v) is 6.78. The lowest BCUT2D eigenvalue weighted by molar-refractivity contribution is -0.923. The van der Waals surface area contributed by atoms with Gasteiger partial charge in [0.15, 0.2) is 0 Å². The van der Waals surface area contributed by atoms with E-state index < -0.39 is 27.6 Å². The number of aliphatic carboxylic acids is 1. The van der Waals surface area contributed by atoms with Crippen LogP contribution in [0.5, 0.6) is 0 Å². The van der Waals surface area contributed by atoms with Crippen molar-refractivity contribution in [1.29, 1.82) is 0 Å². The Morgan fingerprint density at radius 1 is 1.23 bits per heavy atom. The highest BCUT2D eigenvalue weighted by atomic mass is 16.4. The highest BCUT2D eigenvalue weighted by Crippen LogP contribution is 2.45. The number of quaternary nitrogens is 1. The molecule has 0 saturated heterocycles. The van der Waals surface area contributed by atoms with Gasteiger partial charge < -0.3 is 10.2 Å². The molecule has 6 nitrogen and oxygen atoms in total. The summed E-state index contributed by atoms with van der Waals surface area (Å²) < 4.78 is -0.576. The number of carbonyl (C=O) groups is 2. The summed E-state index contributed by atoms with van der Waals surface area (Å²) in [6, 6.07) is 3.53. The predicted octanol–water partition coefficient (Wildman–Crippen LogP) is 2.62. The van der Waals surface area contributed by atoms with Crippen LogP contribution in [0.2, 0.25) is 0 Å². The van der Waals surface area contributed by atoms with Crippen molar-refractivity contribution in [2.24, 2.45) is 0 Å². The van der Waals surface area contributed by atoms with Crippen molar-refractivity contribution >= 4 is 17.6 Å². The van der Waals surface area contributed by atoms with Gasteiger partial charge in [-0.15, -0.1) is 0 Å². The van der Waals surface area contributed by atoms with Crippen LogP contribution < -0.4 is 0 Å². The molecule has 0 saturated carbocycles. The molecule has 2 rings (SSSR count). The third-order valence-corrected chi connectivity index (χ3v) is 4.61. The fourth-order valence-corrected chi connectivity index (χ4v) is 3.37. The van der Waals surface area contributed by atoms with Gasteiger partial charge in [0.05, 0.1) is 0 Å². The maximum atomic E-state index is 12.1. The molecule has 0 fully saturated rings. The molecule has 0 aliphatic carbocycles. The van der Waals surface area contributed by atoms with E-state index in [1.807, 2.05) is 0 Å². The Hall–Kier alpha value is -2.21. The van der Waals surface area contributed by atoms with E-state index in [1.165, 1.54) is 6.92 Å². The highest BCUT2D eigenvalue weighted by molar-refractivity contribution is 5.88. The van der Waals surface area contributed by atoms with E-state index in [2.05, 4.69) is 4.98 Å². The highest BCUT2D eigenvalue weighted by Gasteiger charge is 2.67. The molecule has 2 heterocycles. The maximum Gasteiger partial charge on any atom is 0.515 e. The van der Waals surface area contributed by atoms with Crippen LogP contribution in [0.3, 0.4) is 0 Å². The van der Waals surface area contributed by atoms with Crippen molar-refractivity contribution in [2.45, 2.75) is 38.8 Å². The topological polar surface area (TPSA) is 87.5 Å². The van der Waals surface area contributed by atoms with Gasteiger partial charge in [0.25, 0.3) is 0 Å². The van der Waals surface area contributed by atoms with E-state index >= 15 is 0 Å². The molecule has 0 bridgehead atoms. The molecule has 1 unspecified atom stereocenters. The molecular formula is C16H21N2O4+. The number of amides is 1. The first-order valence-corrected chi connectivity index (χ1v) is 7.03. The van der Waals surface area contributed by atoms with E-state index in [0.717, 1.165) is 5.56 Å². The number of nitrogens with zero attached hydrogens (tertiary/aromatic N) is 2. The number of rotatable bonds is 2. The Bertz CT molecular complexity index is 648. The molecule has 1 aromatic rings. The van der Waals surface area contributed by atoms with Crippen molar-refractivity contribution in [3.8, 4) is 0 Å².